The Hall–Kier alpha value is -0.570. The highest BCUT2D eigenvalue weighted by Gasteiger charge is 2.28. The molecule has 0 bridgehead atoms. The quantitative estimate of drug-likeness (QED) is 0.754. The zero-order valence-corrected chi connectivity index (χ0v) is 10.7. The monoisotopic (exact) mass is 226 g/mol. The molecule has 1 aliphatic heterocycles. The van der Waals surface area contributed by atoms with E-state index in [1.807, 2.05) is 4.90 Å². The van der Waals surface area contributed by atoms with E-state index in [0.29, 0.717) is 5.92 Å². The lowest BCUT2D eigenvalue weighted by Gasteiger charge is -2.26. The van der Waals surface area contributed by atoms with Crippen LogP contribution in [0.5, 0.6) is 0 Å². The summed E-state index contributed by atoms with van der Waals surface area (Å²) in [5.74, 6) is 0.563. The van der Waals surface area contributed by atoms with E-state index in [4.69, 9.17) is 5.73 Å². The lowest BCUT2D eigenvalue weighted by atomic mass is 9.90. The molecule has 1 rings (SSSR count). The van der Waals surface area contributed by atoms with Crippen LogP contribution in [0, 0.1) is 5.92 Å². The van der Waals surface area contributed by atoms with Crippen LogP contribution < -0.4 is 5.73 Å². The van der Waals surface area contributed by atoms with Crippen molar-refractivity contribution in [1.82, 2.24) is 4.90 Å². The summed E-state index contributed by atoms with van der Waals surface area (Å²) in [4.78, 5) is 14.1. The predicted molar refractivity (Wildman–Crippen MR) is 67.1 cm³/mol. The Morgan fingerprint density at radius 3 is 2.12 bits per heavy atom. The number of hydrogen-bond acceptors (Lipinski definition) is 2. The van der Waals surface area contributed by atoms with Gasteiger partial charge in [-0.05, 0) is 31.6 Å². The molecule has 3 nitrogen and oxygen atoms in total. The van der Waals surface area contributed by atoms with Crippen molar-refractivity contribution in [2.75, 3.05) is 13.1 Å². The summed E-state index contributed by atoms with van der Waals surface area (Å²) in [6, 6.07) is -0.266. The number of rotatable bonds is 6. The molecule has 0 aromatic rings. The maximum atomic E-state index is 12.1. The predicted octanol–water partition coefficient (Wildman–Crippen LogP) is 2.15. The average Bonchev–Trinajstić information content (AvgIpc) is 2.80. The van der Waals surface area contributed by atoms with E-state index < -0.39 is 0 Å². The zero-order valence-electron chi connectivity index (χ0n) is 10.7. The van der Waals surface area contributed by atoms with Gasteiger partial charge in [-0.15, -0.1) is 0 Å². The van der Waals surface area contributed by atoms with Crippen molar-refractivity contribution in [3.8, 4) is 0 Å². The highest BCUT2D eigenvalue weighted by atomic mass is 16.2. The van der Waals surface area contributed by atoms with Gasteiger partial charge in [-0.1, -0.05) is 26.7 Å². The van der Waals surface area contributed by atoms with E-state index in [9.17, 15) is 4.79 Å². The van der Waals surface area contributed by atoms with E-state index in [1.165, 1.54) is 0 Å². The first-order valence-corrected chi connectivity index (χ1v) is 6.75. The fraction of sp³-hybridized carbons (Fsp3) is 0.923. The number of carbonyl (C=O) groups is 1. The van der Waals surface area contributed by atoms with Crippen molar-refractivity contribution >= 4 is 5.91 Å². The minimum absolute atomic E-state index is 0.185. The third kappa shape index (κ3) is 3.48. The SMILES string of the molecule is CCCC(CCC)C(N)C(=O)N1CCCC1. The summed E-state index contributed by atoms with van der Waals surface area (Å²) < 4.78 is 0. The minimum Gasteiger partial charge on any atom is -0.341 e. The smallest absolute Gasteiger partial charge is 0.239 e. The van der Waals surface area contributed by atoms with E-state index in [0.717, 1.165) is 51.6 Å². The highest BCUT2D eigenvalue weighted by Crippen LogP contribution is 2.19. The van der Waals surface area contributed by atoms with Gasteiger partial charge in [0.05, 0.1) is 6.04 Å². The second-order valence-corrected chi connectivity index (χ2v) is 4.90. The molecule has 2 N–H and O–H groups in total. The first-order valence-electron chi connectivity index (χ1n) is 6.75. The van der Waals surface area contributed by atoms with Crippen LogP contribution in [-0.4, -0.2) is 29.9 Å². The summed E-state index contributed by atoms with van der Waals surface area (Å²) in [7, 11) is 0. The fourth-order valence-corrected chi connectivity index (χ4v) is 2.60. The number of carbonyl (C=O) groups excluding carboxylic acids is 1. The Bertz CT molecular complexity index is 206. The van der Waals surface area contributed by atoms with Crippen molar-refractivity contribution in [3.05, 3.63) is 0 Å². The van der Waals surface area contributed by atoms with Crippen LogP contribution in [0.2, 0.25) is 0 Å². The highest BCUT2D eigenvalue weighted by molar-refractivity contribution is 5.82. The van der Waals surface area contributed by atoms with Gasteiger partial charge < -0.3 is 10.6 Å². The first-order chi connectivity index (χ1) is 7.70. The van der Waals surface area contributed by atoms with Crippen LogP contribution in [0.25, 0.3) is 0 Å². The molecular formula is C13H26N2O. The topological polar surface area (TPSA) is 46.3 Å². The molecule has 0 aliphatic carbocycles. The summed E-state index contributed by atoms with van der Waals surface area (Å²) in [5, 5.41) is 0. The third-order valence-corrected chi connectivity index (χ3v) is 3.53. The number of likely N-dealkylation sites (tertiary alicyclic amines) is 1. The van der Waals surface area contributed by atoms with Crippen LogP contribution >= 0.6 is 0 Å². The Balaban J connectivity index is 2.50. The molecule has 16 heavy (non-hydrogen) atoms. The van der Waals surface area contributed by atoms with Gasteiger partial charge in [0, 0.05) is 13.1 Å². The average molecular weight is 226 g/mol. The van der Waals surface area contributed by atoms with Crippen molar-refractivity contribution in [3.63, 3.8) is 0 Å². The van der Waals surface area contributed by atoms with Gasteiger partial charge in [-0.3, -0.25) is 4.79 Å². The third-order valence-electron chi connectivity index (χ3n) is 3.53. The molecule has 1 amide bonds. The molecule has 0 aromatic carbocycles. The molecule has 1 heterocycles. The molecule has 0 spiro atoms. The van der Waals surface area contributed by atoms with Gasteiger partial charge in [0.15, 0.2) is 0 Å². The summed E-state index contributed by atoms with van der Waals surface area (Å²) >= 11 is 0. The van der Waals surface area contributed by atoms with Crippen molar-refractivity contribution < 1.29 is 4.79 Å². The van der Waals surface area contributed by atoms with Crippen molar-refractivity contribution in [1.29, 1.82) is 0 Å². The molecule has 94 valence electrons. The number of hydrogen-bond donors (Lipinski definition) is 1. The van der Waals surface area contributed by atoms with Gasteiger partial charge in [-0.25, -0.2) is 0 Å². The second-order valence-electron chi connectivity index (χ2n) is 4.90. The number of amides is 1. The number of nitrogens with zero attached hydrogens (tertiary/aromatic N) is 1. The van der Waals surface area contributed by atoms with Crippen molar-refractivity contribution in [2.45, 2.75) is 58.4 Å². The standard InChI is InChI=1S/C13H26N2O/c1-3-7-11(8-4-2)12(14)13(16)15-9-5-6-10-15/h11-12H,3-10,14H2,1-2H3. The molecule has 1 fully saturated rings. The molecule has 3 heteroatoms. The van der Waals surface area contributed by atoms with Gasteiger partial charge in [-0.2, -0.15) is 0 Å². The molecule has 1 unspecified atom stereocenters. The van der Waals surface area contributed by atoms with E-state index in [1.54, 1.807) is 0 Å². The second kappa shape index (κ2) is 6.89. The fourth-order valence-electron chi connectivity index (χ4n) is 2.60. The molecule has 0 radical (unpaired) electrons. The Labute approximate surface area is 99.4 Å². The van der Waals surface area contributed by atoms with E-state index in [-0.39, 0.29) is 11.9 Å². The largest absolute Gasteiger partial charge is 0.341 e. The maximum absolute atomic E-state index is 12.1. The van der Waals surface area contributed by atoms with Crippen LogP contribution in [0.4, 0.5) is 0 Å². The van der Waals surface area contributed by atoms with Gasteiger partial charge >= 0.3 is 0 Å². The number of nitrogens with two attached hydrogens (primary N) is 1. The normalized spacial score (nSPS) is 18.1. The Morgan fingerprint density at radius 1 is 1.19 bits per heavy atom. The van der Waals surface area contributed by atoms with Crippen LogP contribution in [0.1, 0.15) is 52.4 Å². The molecule has 0 saturated carbocycles. The van der Waals surface area contributed by atoms with E-state index in [2.05, 4.69) is 13.8 Å². The molecular weight excluding hydrogens is 200 g/mol. The first kappa shape index (κ1) is 13.5. The zero-order chi connectivity index (χ0) is 12.0. The van der Waals surface area contributed by atoms with Gasteiger partial charge in [0.1, 0.15) is 0 Å². The lowest BCUT2D eigenvalue weighted by molar-refractivity contribution is -0.132. The van der Waals surface area contributed by atoms with Gasteiger partial charge in [0.2, 0.25) is 5.91 Å². The summed E-state index contributed by atoms with van der Waals surface area (Å²) in [5.41, 5.74) is 6.12. The lowest BCUT2D eigenvalue weighted by Crippen LogP contribution is -2.46. The summed E-state index contributed by atoms with van der Waals surface area (Å²) in [6.07, 6.45) is 6.68. The molecule has 1 saturated heterocycles. The van der Waals surface area contributed by atoms with Crippen LogP contribution in [0.3, 0.4) is 0 Å². The summed E-state index contributed by atoms with van der Waals surface area (Å²) in [6.45, 7) is 6.15. The van der Waals surface area contributed by atoms with Crippen LogP contribution in [-0.2, 0) is 4.79 Å². The Morgan fingerprint density at radius 2 is 1.69 bits per heavy atom. The molecule has 1 atom stereocenters. The minimum atomic E-state index is -0.266. The van der Waals surface area contributed by atoms with Crippen molar-refractivity contribution in [2.24, 2.45) is 11.7 Å². The molecule has 1 aliphatic rings. The van der Waals surface area contributed by atoms with Gasteiger partial charge in [0.25, 0.3) is 0 Å². The van der Waals surface area contributed by atoms with Crippen LogP contribution in [0.15, 0.2) is 0 Å². The van der Waals surface area contributed by atoms with E-state index >= 15 is 0 Å². The Kier molecular flexibility index (Phi) is 5.81. The maximum Gasteiger partial charge on any atom is 0.239 e. The molecule has 0 aromatic heterocycles.